The smallest absolute Gasteiger partial charge is 0.270 e. The van der Waals surface area contributed by atoms with E-state index < -0.39 is 45.7 Å². The van der Waals surface area contributed by atoms with E-state index in [1.807, 2.05) is 41.3 Å². The number of nitrogens with zero attached hydrogens (tertiary/aromatic N) is 2. The summed E-state index contributed by atoms with van der Waals surface area (Å²) in [5.41, 5.74) is 0.553. The van der Waals surface area contributed by atoms with Crippen LogP contribution in [0.1, 0.15) is 48.1 Å². The van der Waals surface area contributed by atoms with Crippen molar-refractivity contribution in [3.8, 4) is 0 Å². The Balaban J connectivity index is 1.56. The van der Waals surface area contributed by atoms with Gasteiger partial charge in [-0.05, 0) is 29.3 Å². The second-order valence-corrected chi connectivity index (χ2v) is 11.4. The number of fused-ring (bicyclic) bond motifs is 5. The van der Waals surface area contributed by atoms with Crippen molar-refractivity contribution >= 4 is 58.0 Å². The summed E-state index contributed by atoms with van der Waals surface area (Å²) >= 11 is 13.1. The van der Waals surface area contributed by atoms with Gasteiger partial charge in [-0.2, -0.15) is 0 Å². The fourth-order valence-electron chi connectivity index (χ4n) is 6.96. The van der Waals surface area contributed by atoms with E-state index in [9.17, 15) is 24.5 Å². The quantitative estimate of drug-likeness (QED) is 0.107. The second kappa shape index (κ2) is 9.48. The third-order valence-electron chi connectivity index (χ3n) is 8.62. The lowest BCUT2D eigenvalue weighted by Crippen LogP contribution is -2.48. The average molecular weight is 595 g/mol. The molecule has 3 atom stereocenters. The van der Waals surface area contributed by atoms with Gasteiger partial charge in [0, 0.05) is 50.5 Å². The number of carbonyl (C=O) groups is 3. The van der Waals surface area contributed by atoms with Crippen molar-refractivity contribution in [1.29, 1.82) is 0 Å². The van der Waals surface area contributed by atoms with Crippen LogP contribution in [0, 0.1) is 15.5 Å². The molecule has 0 radical (unpaired) electrons. The monoisotopic (exact) mass is 594 g/mol. The molecule has 206 valence electrons. The number of nitro benzene ring substituents is 1. The van der Waals surface area contributed by atoms with Gasteiger partial charge in [-0.15, -0.1) is 0 Å². The van der Waals surface area contributed by atoms with Crippen molar-refractivity contribution in [1.82, 2.24) is 0 Å². The van der Waals surface area contributed by atoms with Crippen LogP contribution in [0.3, 0.4) is 0 Å². The molecular formula is C33H20Cl2N2O5. The molecule has 0 saturated carbocycles. The van der Waals surface area contributed by atoms with Gasteiger partial charge < -0.3 is 4.90 Å². The fourth-order valence-corrected chi connectivity index (χ4v) is 7.48. The summed E-state index contributed by atoms with van der Waals surface area (Å²) in [5.74, 6) is -2.32. The Labute approximate surface area is 250 Å². The van der Waals surface area contributed by atoms with E-state index in [2.05, 4.69) is 0 Å². The molecule has 0 bridgehead atoms. The molecule has 1 saturated heterocycles. The molecule has 3 aliphatic rings. The lowest BCUT2D eigenvalue weighted by atomic mass is 9.64. The molecule has 4 aromatic carbocycles. The molecule has 4 aromatic rings. The van der Waals surface area contributed by atoms with E-state index in [0.29, 0.717) is 16.3 Å². The van der Waals surface area contributed by atoms with Gasteiger partial charge in [0.25, 0.3) is 5.69 Å². The molecule has 1 aliphatic carbocycles. The van der Waals surface area contributed by atoms with Crippen LogP contribution < -0.4 is 4.90 Å². The van der Waals surface area contributed by atoms with E-state index in [-0.39, 0.29) is 27.4 Å². The Morgan fingerprint density at radius 2 is 1.55 bits per heavy atom. The highest BCUT2D eigenvalue weighted by Gasteiger charge is 2.71. The minimum Gasteiger partial charge on any atom is -0.352 e. The van der Waals surface area contributed by atoms with Gasteiger partial charge in [-0.1, -0.05) is 96.0 Å². The highest BCUT2D eigenvalue weighted by atomic mass is 35.5. The van der Waals surface area contributed by atoms with E-state index in [1.54, 1.807) is 36.4 Å². The minimum absolute atomic E-state index is 0.0857. The van der Waals surface area contributed by atoms with Crippen LogP contribution in [-0.4, -0.2) is 34.4 Å². The summed E-state index contributed by atoms with van der Waals surface area (Å²) in [6, 6.07) is 22.4. The Hall–Kier alpha value is -4.59. The zero-order valence-electron chi connectivity index (χ0n) is 21.7. The maximum absolute atomic E-state index is 14.7. The van der Waals surface area contributed by atoms with Gasteiger partial charge in [0.2, 0.25) is 0 Å². The molecule has 9 heteroatoms. The first-order valence-electron chi connectivity index (χ1n) is 13.2. The summed E-state index contributed by atoms with van der Waals surface area (Å²) in [5, 5.41) is 12.2. The first kappa shape index (κ1) is 26.3. The molecule has 1 fully saturated rings. The van der Waals surface area contributed by atoms with Gasteiger partial charge in [-0.25, -0.2) is 0 Å². The standard InChI is InChI=1S/C33H20Cl2N2O5/c34-20-13-14-24(25(35)17-20)28-29(30(38)19-7-5-8-21(16-19)37(41)42)36-26-11-4-1-6-18(26)12-15-27(36)33(28)31(39)22-9-2-3-10-23(22)32(33)40/h1-17,27-29H/t27-,28+,29-/m1/s1. The summed E-state index contributed by atoms with van der Waals surface area (Å²) < 4.78 is 0. The average Bonchev–Trinajstić information content (AvgIpc) is 3.43. The highest BCUT2D eigenvalue weighted by Crippen LogP contribution is 2.61. The van der Waals surface area contributed by atoms with Gasteiger partial charge in [0.15, 0.2) is 17.3 Å². The number of non-ortho nitro benzene ring substituents is 1. The fraction of sp³-hybridized carbons (Fsp3) is 0.121. The maximum Gasteiger partial charge on any atom is 0.270 e. The normalized spacial score (nSPS) is 21.3. The highest BCUT2D eigenvalue weighted by molar-refractivity contribution is 6.36. The van der Waals surface area contributed by atoms with E-state index in [1.165, 1.54) is 30.3 Å². The van der Waals surface area contributed by atoms with Crippen molar-refractivity contribution in [2.24, 2.45) is 5.41 Å². The number of hydrogen-bond donors (Lipinski definition) is 0. The van der Waals surface area contributed by atoms with Crippen molar-refractivity contribution in [2.75, 3.05) is 4.90 Å². The van der Waals surface area contributed by atoms with Crippen LogP contribution in [0.25, 0.3) is 6.08 Å². The van der Waals surface area contributed by atoms with Crippen molar-refractivity contribution in [2.45, 2.75) is 18.0 Å². The number of ketones is 3. The molecule has 0 aromatic heterocycles. The van der Waals surface area contributed by atoms with Crippen LogP contribution in [-0.2, 0) is 0 Å². The predicted molar refractivity (Wildman–Crippen MR) is 160 cm³/mol. The topological polar surface area (TPSA) is 97.6 Å². The molecule has 0 amide bonds. The van der Waals surface area contributed by atoms with Crippen molar-refractivity contribution in [3.63, 3.8) is 0 Å². The summed E-state index contributed by atoms with van der Waals surface area (Å²) in [6.45, 7) is 0. The van der Waals surface area contributed by atoms with Crippen LogP contribution in [0.4, 0.5) is 11.4 Å². The number of halogens is 2. The number of para-hydroxylation sites is 1. The van der Waals surface area contributed by atoms with Gasteiger partial charge in [0.05, 0.1) is 11.0 Å². The zero-order valence-corrected chi connectivity index (χ0v) is 23.3. The lowest BCUT2D eigenvalue weighted by Gasteiger charge is -2.37. The number of anilines is 1. The molecule has 42 heavy (non-hydrogen) atoms. The van der Waals surface area contributed by atoms with Gasteiger partial charge >= 0.3 is 0 Å². The third-order valence-corrected chi connectivity index (χ3v) is 9.18. The molecule has 2 heterocycles. The van der Waals surface area contributed by atoms with E-state index in [0.717, 1.165) is 5.56 Å². The van der Waals surface area contributed by atoms with Crippen LogP contribution in [0.2, 0.25) is 10.0 Å². The first-order valence-corrected chi connectivity index (χ1v) is 14.0. The number of hydrogen-bond acceptors (Lipinski definition) is 6. The molecular weight excluding hydrogens is 575 g/mol. The molecule has 1 spiro atoms. The zero-order chi connectivity index (χ0) is 29.3. The maximum atomic E-state index is 14.7. The number of nitro groups is 1. The largest absolute Gasteiger partial charge is 0.352 e. The Bertz CT molecular complexity index is 1870. The van der Waals surface area contributed by atoms with Crippen molar-refractivity contribution in [3.05, 3.63) is 145 Å². The lowest BCUT2D eigenvalue weighted by molar-refractivity contribution is -0.384. The van der Waals surface area contributed by atoms with E-state index in [4.69, 9.17) is 23.2 Å². The van der Waals surface area contributed by atoms with Gasteiger partial charge in [-0.3, -0.25) is 24.5 Å². The third kappa shape index (κ3) is 3.50. The van der Waals surface area contributed by atoms with E-state index >= 15 is 0 Å². The van der Waals surface area contributed by atoms with Crippen molar-refractivity contribution < 1.29 is 19.3 Å². The molecule has 2 aliphatic heterocycles. The predicted octanol–water partition coefficient (Wildman–Crippen LogP) is 7.22. The minimum atomic E-state index is -1.74. The number of Topliss-reactive ketones (excluding diaryl/α,β-unsaturated/α-hetero) is 3. The summed E-state index contributed by atoms with van der Waals surface area (Å²) in [4.78, 5) is 56.9. The SMILES string of the molecule is O=C(c1cccc([N+](=O)[O-])c1)[C@H]1[C@H](c2ccc(Cl)cc2Cl)C2(C(=O)c3ccccc3C2=O)[C@H]2C=Cc3ccccc3N12. The Morgan fingerprint density at radius 1 is 0.857 bits per heavy atom. The summed E-state index contributed by atoms with van der Waals surface area (Å²) in [7, 11) is 0. The summed E-state index contributed by atoms with van der Waals surface area (Å²) in [6.07, 6.45) is 3.67. The molecule has 0 unspecified atom stereocenters. The molecule has 7 nitrogen and oxygen atoms in total. The van der Waals surface area contributed by atoms with Crippen LogP contribution in [0.15, 0.2) is 97.1 Å². The molecule has 7 rings (SSSR count). The van der Waals surface area contributed by atoms with Gasteiger partial charge in [0.1, 0.15) is 11.5 Å². The number of carbonyl (C=O) groups excluding carboxylic acids is 3. The number of rotatable bonds is 4. The Morgan fingerprint density at radius 3 is 2.24 bits per heavy atom. The molecule has 0 N–H and O–H groups in total. The van der Waals surface area contributed by atoms with Crippen LogP contribution in [0.5, 0.6) is 0 Å². The van der Waals surface area contributed by atoms with Crippen LogP contribution >= 0.6 is 23.2 Å². The first-order chi connectivity index (χ1) is 20.2. The second-order valence-electron chi connectivity index (χ2n) is 10.6. The Kier molecular flexibility index (Phi) is 5.94. The number of benzene rings is 4.